The van der Waals surface area contributed by atoms with E-state index in [1.807, 2.05) is 6.08 Å². The number of allylic oxidation sites excluding steroid dienone is 3. The fraction of sp³-hybridized carbons (Fsp3) is 0.647. The van der Waals surface area contributed by atoms with E-state index in [2.05, 4.69) is 31.4 Å². The van der Waals surface area contributed by atoms with Crippen molar-refractivity contribution >= 4 is 12.0 Å². The van der Waals surface area contributed by atoms with Gasteiger partial charge in [-0.2, -0.15) is 0 Å². The molecular weight excluding hydrogens is 280 g/mol. The zero-order chi connectivity index (χ0) is 16.2. The number of imide groups is 1. The van der Waals surface area contributed by atoms with Gasteiger partial charge in [0, 0.05) is 12.6 Å². The average molecular weight is 306 g/mol. The van der Waals surface area contributed by atoms with Gasteiger partial charge < -0.3 is 10.1 Å². The van der Waals surface area contributed by atoms with Crippen molar-refractivity contribution in [1.82, 2.24) is 10.6 Å². The van der Waals surface area contributed by atoms with Gasteiger partial charge in [-0.15, -0.1) is 0 Å². The Morgan fingerprint density at radius 2 is 2.18 bits per heavy atom. The summed E-state index contributed by atoms with van der Waals surface area (Å²) in [6, 6.07) is 0. The zero-order valence-electron chi connectivity index (χ0n) is 13.7. The number of hydrogen-bond donors (Lipinski definition) is 2. The van der Waals surface area contributed by atoms with E-state index in [1.54, 1.807) is 0 Å². The van der Waals surface area contributed by atoms with Crippen LogP contribution in [0.25, 0.3) is 0 Å². The third kappa shape index (κ3) is 4.44. The molecule has 2 amide bonds. The molecule has 1 atom stereocenters. The Kier molecular flexibility index (Phi) is 5.40. The maximum absolute atomic E-state index is 11.9. The summed E-state index contributed by atoms with van der Waals surface area (Å²) in [5.41, 5.74) is 2.59. The highest BCUT2D eigenvalue weighted by Gasteiger charge is 2.26. The van der Waals surface area contributed by atoms with E-state index < -0.39 is 12.0 Å². The maximum atomic E-state index is 11.9. The molecule has 5 nitrogen and oxygen atoms in total. The van der Waals surface area contributed by atoms with Gasteiger partial charge in [0.25, 0.3) is 5.91 Å². The molecule has 0 aromatic rings. The van der Waals surface area contributed by atoms with Gasteiger partial charge >= 0.3 is 6.09 Å². The summed E-state index contributed by atoms with van der Waals surface area (Å²) in [5.74, 6) is -0.433. The summed E-state index contributed by atoms with van der Waals surface area (Å²) in [4.78, 5) is 23.5. The molecule has 0 radical (unpaired) electrons. The predicted molar refractivity (Wildman–Crippen MR) is 85.4 cm³/mol. The van der Waals surface area contributed by atoms with E-state index in [1.165, 1.54) is 23.6 Å². The van der Waals surface area contributed by atoms with E-state index in [9.17, 15) is 9.59 Å². The van der Waals surface area contributed by atoms with Crippen LogP contribution in [0.15, 0.2) is 23.3 Å². The van der Waals surface area contributed by atoms with Crippen molar-refractivity contribution in [2.75, 3.05) is 13.1 Å². The molecule has 1 heterocycles. The minimum absolute atomic E-state index is 0.0785. The fourth-order valence-corrected chi connectivity index (χ4v) is 3.22. The molecule has 1 unspecified atom stereocenters. The third-order valence-electron chi connectivity index (χ3n) is 4.46. The summed E-state index contributed by atoms with van der Waals surface area (Å²) >= 11 is 0. The molecule has 22 heavy (non-hydrogen) atoms. The minimum atomic E-state index is -0.669. The molecule has 122 valence electrons. The second-order valence-corrected chi connectivity index (χ2v) is 6.77. The Hall–Kier alpha value is -1.62. The lowest BCUT2D eigenvalue weighted by atomic mass is 9.72. The quantitative estimate of drug-likeness (QED) is 0.787. The number of carbonyl (C=O) groups excluding carboxylic acids is 2. The fourth-order valence-electron chi connectivity index (χ4n) is 3.22. The van der Waals surface area contributed by atoms with Crippen LogP contribution < -0.4 is 10.6 Å². The maximum Gasteiger partial charge on any atom is 0.414 e. The number of ether oxygens (including phenoxy) is 1. The number of carbonyl (C=O) groups is 2. The first kappa shape index (κ1) is 16.7. The van der Waals surface area contributed by atoms with E-state index in [4.69, 9.17) is 4.74 Å². The minimum Gasteiger partial charge on any atom is -0.445 e. The highest BCUT2D eigenvalue weighted by Crippen LogP contribution is 2.40. The molecule has 2 aliphatic rings. The van der Waals surface area contributed by atoms with Crippen LogP contribution in [0.2, 0.25) is 0 Å². The van der Waals surface area contributed by atoms with Crippen LogP contribution in [0.5, 0.6) is 0 Å². The lowest BCUT2D eigenvalue weighted by Gasteiger charge is -2.32. The Balaban J connectivity index is 1.89. The number of alkyl carbamates (subject to hydrolysis) is 1. The van der Waals surface area contributed by atoms with E-state index in [0.717, 1.165) is 25.8 Å². The Morgan fingerprint density at radius 3 is 2.82 bits per heavy atom. The van der Waals surface area contributed by atoms with Gasteiger partial charge in [0.05, 0.1) is 0 Å². The molecule has 0 bridgehead atoms. The molecule has 2 rings (SSSR count). The predicted octanol–water partition coefficient (Wildman–Crippen LogP) is 2.68. The van der Waals surface area contributed by atoms with Crippen LogP contribution in [0.1, 0.15) is 46.5 Å². The number of nitrogens with one attached hydrogen (secondary N) is 2. The average Bonchev–Trinajstić information content (AvgIpc) is 2.89. The SMILES string of the molecule is CC1=C(C=CC(=O)NC(=O)OC2CCNC2)C(C)(C)CCC1. The first-order valence-corrected chi connectivity index (χ1v) is 7.99. The van der Waals surface area contributed by atoms with Gasteiger partial charge in [-0.25, -0.2) is 4.79 Å². The summed E-state index contributed by atoms with van der Waals surface area (Å²) in [6.45, 7) is 7.98. The first-order valence-electron chi connectivity index (χ1n) is 7.99. The molecule has 1 fully saturated rings. The molecule has 1 aliphatic carbocycles. The summed E-state index contributed by atoms with van der Waals surface area (Å²) in [6.07, 6.45) is 6.62. The van der Waals surface area contributed by atoms with Crippen LogP contribution in [-0.4, -0.2) is 31.2 Å². The molecule has 1 aliphatic heterocycles. The van der Waals surface area contributed by atoms with Crippen LogP contribution in [0.4, 0.5) is 4.79 Å². The summed E-state index contributed by atoms with van der Waals surface area (Å²) in [5, 5.41) is 5.35. The second kappa shape index (κ2) is 7.09. The number of rotatable bonds is 3. The lowest BCUT2D eigenvalue weighted by Crippen LogP contribution is -2.33. The molecule has 2 N–H and O–H groups in total. The van der Waals surface area contributed by atoms with Gasteiger partial charge in [-0.1, -0.05) is 25.5 Å². The largest absolute Gasteiger partial charge is 0.445 e. The van der Waals surface area contributed by atoms with Crippen LogP contribution in [-0.2, 0) is 9.53 Å². The molecule has 5 heteroatoms. The van der Waals surface area contributed by atoms with E-state index >= 15 is 0 Å². The third-order valence-corrected chi connectivity index (χ3v) is 4.46. The number of amides is 2. The molecule has 1 saturated heterocycles. The monoisotopic (exact) mass is 306 g/mol. The van der Waals surface area contributed by atoms with Gasteiger partial charge in [0.2, 0.25) is 0 Å². The molecule has 0 saturated carbocycles. The van der Waals surface area contributed by atoms with Crippen molar-refractivity contribution in [3.63, 3.8) is 0 Å². The highest BCUT2D eigenvalue weighted by molar-refractivity contribution is 5.98. The zero-order valence-corrected chi connectivity index (χ0v) is 13.7. The molecule has 0 aromatic heterocycles. The van der Waals surface area contributed by atoms with Gasteiger partial charge in [0.1, 0.15) is 6.10 Å². The Bertz CT molecular complexity index is 500. The van der Waals surface area contributed by atoms with Crippen molar-refractivity contribution in [2.45, 2.75) is 52.6 Å². The highest BCUT2D eigenvalue weighted by atomic mass is 16.6. The smallest absolute Gasteiger partial charge is 0.414 e. The van der Waals surface area contributed by atoms with Crippen LogP contribution in [0, 0.1) is 5.41 Å². The molecule has 0 spiro atoms. The second-order valence-electron chi connectivity index (χ2n) is 6.77. The Morgan fingerprint density at radius 1 is 1.41 bits per heavy atom. The van der Waals surface area contributed by atoms with E-state index in [0.29, 0.717) is 6.54 Å². The Labute approximate surface area is 132 Å². The normalized spacial score (nSPS) is 24.6. The van der Waals surface area contributed by atoms with Gasteiger partial charge in [-0.05, 0) is 50.1 Å². The number of hydrogen-bond acceptors (Lipinski definition) is 4. The topological polar surface area (TPSA) is 67.4 Å². The summed E-state index contributed by atoms with van der Waals surface area (Å²) < 4.78 is 5.16. The van der Waals surface area contributed by atoms with Crippen LogP contribution >= 0.6 is 0 Å². The lowest BCUT2D eigenvalue weighted by molar-refractivity contribution is -0.116. The first-order chi connectivity index (χ1) is 10.4. The van der Waals surface area contributed by atoms with Gasteiger partial charge in [-0.3, -0.25) is 10.1 Å². The van der Waals surface area contributed by atoms with Crippen molar-refractivity contribution in [2.24, 2.45) is 5.41 Å². The van der Waals surface area contributed by atoms with Crippen molar-refractivity contribution in [3.8, 4) is 0 Å². The van der Waals surface area contributed by atoms with Crippen molar-refractivity contribution in [1.29, 1.82) is 0 Å². The standard InChI is InChI=1S/C17H26N2O3/c1-12-5-4-9-17(2,3)14(12)6-7-15(20)19-16(21)22-13-8-10-18-11-13/h6-7,13,18H,4-5,8-11H2,1-3H3,(H,19,20,21). The molecule has 0 aromatic carbocycles. The van der Waals surface area contributed by atoms with Gasteiger partial charge in [0.15, 0.2) is 0 Å². The summed E-state index contributed by atoms with van der Waals surface area (Å²) in [7, 11) is 0. The van der Waals surface area contributed by atoms with E-state index in [-0.39, 0.29) is 11.5 Å². The van der Waals surface area contributed by atoms with Crippen molar-refractivity contribution < 1.29 is 14.3 Å². The van der Waals surface area contributed by atoms with Crippen LogP contribution in [0.3, 0.4) is 0 Å². The molecular formula is C17H26N2O3. The van der Waals surface area contributed by atoms with Crippen molar-refractivity contribution in [3.05, 3.63) is 23.3 Å².